The highest BCUT2D eigenvalue weighted by molar-refractivity contribution is 6.07. The predicted octanol–water partition coefficient (Wildman–Crippen LogP) is 4.32. The number of anilines is 1. The number of amides is 1. The average molecular weight is 380 g/mol. The lowest BCUT2D eigenvalue weighted by Crippen LogP contribution is -2.12. The van der Waals surface area contributed by atoms with Gasteiger partial charge in [0.2, 0.25) is 5.75 Å². The van der Waals surface area contributed by atoms with E-state index in [1.807, 2.05) is 18.2 Å². The second-order valence-electron chi connectivity index (χ2n) is 6.92. The first kappa shape index (κ1) is 18.2. The summed E-state index contributed by atoms with van der Waals surface area (Å²) in [5.41, 5.74) is 4.95. The van der Waals surface area contributed by atoms with Gasteiger partial charge in [0.15, 0.2) is 11.5 Å². The maximum atomic E-state index is 12.9. The average Bonchev–Trinajstić information content (AvgIpc) is 3.10. The summed E-state index contributed by atoms with van der Waals surface area (Å²) >= 11 is 0. The van der Waals surface area contributed by atoms with Crippen LogP contribution >= 0.6 is 0 Å². The van der Waals surface area contributed by atoms with Crippen molar-refractivity contribution in [2.45, 2.75) is 25.7 Å². The number of methoxy groups -OCH3 is 3. The van der Waals surface area contributed by atoms with E-state index in [-0.39, 0.29) is 5.91 Å². The minimum absolute atomic E-state index is 0.179. The third-order valence-corrected chi connectivity index (χ3v) is 5.28. The van der Waals surface area contributed by atoms with Crippen molar-refractivity contribution in [1.29, 1.82) is 0 Å². The number of carbonyl (C=O) groups is 1. The summed E-state index contributed by atoms with van der Waals surface area (Å²) in [5.74, 6) is 1.30. The molecule has 2 N–H and O–H groups in total. The molecule has 146 valence electrons. The monoisotopic (exact) mass is 380 g/mol. The Morgan fingerprint density at radius 1 is 0.964 bits per heavy atom. The van der Waals surface area contributed by atoms with E-state index in [9.17, 15) is 4.79 Å². The van der Waals surface area contributed by atoms with Gasteiger partial charge in [-0.25, -0.2) is 0 Å². The highest BCUT2D eigenvalue weighted by Crippen LogP contribution is 2.40. The fraction of sp³-hybridized carbons (Fsp3) is 0.318. The Hall–Kier alpha value is -3.15. The lowest BCUT2D eigenvalue weighted by molar-refractivity contribution is 0.102. The fourth-order valence-corrected chi connectivity index (χ4v) is 3.90. The minimum Gasteiger partial charge on any atom is -0.493 e. The molecule has 0 spiro atoms. The molecular formula is C22H24N2O4. The molecule has 0 atom stereocenters. The van der Waals surface area contributed by atoms with E-state index in [0.29, 0.717) is 28.5 Å². The molecule has 4 rings (SSSR count). The number of benzene rings is 2. The summed E-state index contributed by atoms with van der Waals surface area (Å²) in [6.45, 7) is 0. The van der Waals surface area contributed by atoms with E-state index in [4.69, 9.17) is 14.2 Å². The van der Waals surface area contributed by atoms with Crippen molar-refractivity contribution >= 4 is 22.5 Å². The van der Waals surface area contributed by atoms with Crippen LogP contribution in [-0.2, 0) is 12.8 Å². The predicted molar refractivity (Wildman–Crippen MR) is 109 cm³/mol. The molecule has 6 nitrogen and oxygen atoms in total. The number of aromatic nitrogens is 1. The first-order chi connectivity index (χ1) is 13.6. The molecule has 0 saturated heterocycles. The van der Waals surface area contributed by atoms with Crippen LogP contribution in [0.3, 0.4) is 0 Å². The van der Waals surface area contributed by atoms with Crippen LogP contribution in [0.1, 0.15) is 34.5 Å². The van der Waals surface area contributed by atoms with Crippen LogP contribution < -0.4 is 19.5 Å². The number of ether oxygens (including phenoxy) is 3. The van der Waals surface area contributed by atoms with Gasteiger partial charge in [0.1, 0.15) is 0 Å². The van der Waals surface area contributed by atoms with Crippen molar-refractivity contribution in [3.8, 4) is 17.2 Å². The van der Waals surface area contributed by atoms with Gasteiger partial charge in [0.25, 0.3) is 5.91 Å². The summed E-state index contributed by atoms with van der Waals surface area (Å²) in [5, 5.41) is 4.08. The maximum absolute atomic E-state index is 12.9. The van der Waals surface area contributed by atoms with E-state index in [0.717, 1.165) is 23.7 Å². The number of aryl methyl sites for hydroxylation is 2. The van der Waals surface area contributed by atoms with Crippen molar-refractivity contribution in [2.75, 3.05) is 26.6 Å². The van der Waals surface area contributed by atoms with Crippen LogP contribution in [0.15, 0.2) is 30.3 Å². The summed E-state index contributed by atoms with van der Waals surface area (Å²) in [4.78, 5) is 16.4. The van der Waals surface area contributed by atoms with E-state index >= 15 is 0 Å². The normalized spacial score (nSPS) is 13.1. The Morgan fingerprint density at radius 2 is 1.68 bits per heavy atom. The molecule has 0 radical (unpaired) electrons. The number of fused-ring (bicyclic) bond motifs is 3. The molecule has 1 amide bonds. The number of hydrogen-bond acceptors (Lipinski definition) is 4. The molecule has 1 aliphatic rings. The number of aromatic amines is 1. The lowest BCUT2D eigenvalue weighted by Gasteiger charge is -2.14. The smallest absolute Gasteiger partial charge is 0.255 e. The molecule has 1 aliphatic carbocycles. The van der Waals surface area contributed by atoms with Gasteiger partial charge in [-0.1, -0.05) is 0 Å². The number of carbonyl (C=O) groups excluding carboxylic acids is 1. The summed E-state index contributed by atoms with van der Waals surface area (Å²) in [7, 11) is 4.64. The molecule has 1 heterocycles. The zero-order chi connectivity index (χ0) is 19.7. The Kier molecular flexibility index (Phi) is 4.86. The standard InChI is InChI=1S/C22H24N2O4/c1-26-19-11-14(12-20(27-2)21(19)28-3)23-22(25)13-8-9-18-16(10-13)15-6-4-5-7-17(15)24-18/h8-12,24H,4-7H2,1-3H3,(H,23,25). The van der Waals surface area contributed by atoms with Gasteiger partial charge in [-0.15, -0.1) is 0 Å². The van der Waals surface area contributed by atoms with Crippen LogP contribution in [0.25, 0.3) is 10.9 Å². The van der Waals surface area contributed by atoms with Crippen molar-refractivity contribution in [2.24, 2.45) is 0 Å². The zero-order valence-corrected chi connectivity index (χ0v) is 16.3. The number of nitrogens with one attached hydrogen (secondary N) is 2. The molecule has 2 aromatic carbocycles. The van der Waals surface area contributed by atoms with Crippen LogP contribution in [0.5, 0.6) is 17.2 Å². The maximum Gasteiger partial charge on any atom is 0.255 e. The van der Waals surface area contributed by atoms with Gasteiger partial charge in [-0.3, -0.25) is 4.79 Å². The molecular weight excluding hydrogens is 356 g/mol. The number of hydrogen-bond donors (Lipinski definition) is 2. The highest BCUT2D eigenvalue weighted by Gasteiger charge is 2.18. The Bertz CT molecular complexity index is 1010. The van der Waals surface area contributed by atoms with Gasteiger partial charge < -0.3 is 24.5 Å². The van der Waals surface area contributed by atoms with Crippen LogP contribution in [0.4, 0.5) is 5.69 Å². The Labute approximate surface area is 163 Å². The zero-order valence-electron chi connectivity index (χ0n) is 16.3. The van der Waals surface area contributed by atoms with E-state index in [1.54, 1.807) is 33.5 Å². The van der Waals surface area contributed by atoms with Crippen molar-refractivity contribution in [3.63, 3.8) is 0 Å². The molecule has 6 heteroatoms. The van der Waals surface area contributed by atoms with E-state index < -0.39 is 0 Å². The molecule has 1 aromatic heterocycles. The third-order valence-electron chi connectivity index (χ3n) is 5.28. The molecule has 0 saturated carbocycles. The first-order valence-electron chi connectivity index (χ1n) is 9.39. The molecule has 0 fully saturated rings. The third kappa shape index (κ3) is 3.15. The van der Waals surface area contributed by atoms with Crippen LogP contribution in [0.2, 0.25) is 0 Å². The van der Waals surface area contributed by atoms with Gasteiger partial charge in [0.05, 0.1) is 21.3 Å². The summed E-state index contributed by atoms with van der Waals surface area (Å²) < 4.78 is 16.0. The lowest BCUT2D eigenvalue weighted by atomic mass is 9.95. The van der Waals surface area contributed by atoms with Gasteiger partial charge in [0, 0.05) is 40.0 Å². The molecule has 0 unspecified atom stereocenters. The highest BCUT2D eigenvalue weighted by atomic mass is 16.5. The van der Waals surface area contributed by atoms with Crippen LogP contribution in [-0.4, -0.2) is 32.2 Å². The quantitative estimate of drug-likeness (QED) is 0.691. The van der Waals surface area contributed by atoms with Gasteiger partial charge >= 0.3 is 0 Å². The molecule has 28 heavy (non-hydrogen) atoms. The van der Waals surface area contributed by atoms with Crippen LogP contribution in [0, 0.1) is 0 Å². The van der Waals surface area contributed by atoms with Gasteiger partial charge in [-0.05, 0) is 49.4 Å². The first-order valence-corrected chi connectivity index (χ1v) is 9.39. The minimum atomic E-state index is -0.179. The van der Waals surface area contributed by atoms with Crippen molar-refractivity contribution in [3.05, 3.63) is 47.2 Å². The van der Waals surface area contributed by atoms with Crippen molar-refractivity contribution in [1.82, 2.24) is 4.98 Å². The number of H-pyrrole nitrogens is 1. The second kappa shape index (κ2) is 7.46. The SMILES string of the molecule is COc1cc(NC(=O)c2ccc3[nH]c4c(c3c2)CCCC4)cc(OC)c1OC. The Balaban J connectivity index is 1.65. The van der Waals surface area contributed by atoms with E-state index in [1.165, 1.54) is 24.1 Å². The van der Waals surface area contributed by atoms with E-state index in [2.05, 4.69) is 10.3 Å². The topological polar surface area (TPSA) is 72.6 Å². The Morgan fingerprint density at radius 3 is 2.36 bits per heavy atom. The molecule has 0 bridgehead atoms. The molecule has 0 aliphatic heterocycles. The molecule has 3 aromatic rings. The van der Waals surface area contributed by atoms with Gasteiger partial charge in [-0.2, -0.15) is 0 Å². The summed E-state index contributed by atoms with van der Waals surface area (Å²) in [6, 6.07) is 9.24. The van der Waals surface area contributed by atoms with Crippen molar-refractivity contribution < 1.29 is 19.0 Å². The second-order valence-corrected chi connectivity index (χ2v) is 6.92. The largest absolute Gasteiger partial charge is 0.493 e. The fourth-order valence-electron chi connectivity index (χ4n) is 3.90. The summed E-state index contributed by atoms with van der Waals surface area (Å²) in [6.07, 6.45) is 4.56. The number of rotatable bonds is 5.